The summed E-state index contributed by atoms with van der Waals surface area (Å²) >= 11 is 0. The SMILES string of the molecule is COc1ccc(C)c(S(=O)(=O)N2CCCC2C(=O)N2CCN(c3ccc(F)cc3)CC2)c1. The Kier molecular flexibility index (Phi) is 6.39. The Hall–Kier alpha value is -2.65. The summed E-state index contributed by atoms with van der Waals surface area (Å²) in [5.74, 6) is 0.0370. The first-order chi connectivity index (χ1) is 15.3. The Morgan fingerprint density at radius 3 is 2.38 bits per heavy atom. The lowest BCUT2D eigenvalue weighted by molar-refractivity contribution is -0.134. The number of nitrogens with zero attached hydrogens (tertiary/aromatic N) is 3. The molecule has 32 heavy (non-hydrogen) atoms. The van der Waals surface area contributed by atoms with Crippen LogP contribution in [0.25, 0.3) is 0 Å². The first-order valence-electron chi connectivity index (χ1n) is 10.8. The van der Waals surface area contributed by atoms with Crippen molar-refractivity contribution in [3.8, 4) is 5.75 Å². The molecule has 1 amide bonds. The Balaban J connectivity index is 1.48. The second-order valence-corrected chi connectivity index (χ2v) is 10.1. The maximum absolute atomic E-state index is 13.4. The molecule has 2 heterocycles. The van der Waals surface area contributed by atoms with Gasteiger partial charge in [0.05, 0.1) is 12.0 Å². The molecule has 0 aromatic heterocycles. The van der Waals surface area contributed by atoms with Gasteiger partial charge in [0.15, 0.2) is 0 Å². The van der Waals surface area contributed by atoms with E-state index in [-0.39, 0.29) is 16.6 Å². The van der Waals surface area contributed by atoms with E-state index in [0.29, 0.717) is 56.9 Å². The molecule has 2 aliphatic rings. The van der Waals surface area contributed by atoms with Crippen LogP contribution >= 0.6 is 0 Å². The molecule has 0 radical (unpaired) electrons. The average molecular weight is 462 g/mol. The molecule has 0 aliphatic carbocycles. The minimum absolute atomic E-state index is 0.148. The van der Waals surface area contributed by atoms with Gasteiger partial charge in [0.25, 0.3) is 0 Å². The predicted molar refractivity (Wildman–Crippen MR) is 120 cm³/mol. The standard InChI is InChI=1S/C23H28FN3O4S/c1-17-5-10-20(31-2)16-22(17)32(29,30)27-11-3-4-21(27)23(28)26-14-12-25(13-15-26)19-8-6-18(24)7-9-19/h5-10,16,21H,3-4,11-15H2,1-2H3. The molecular formula is C23H28FN3O4S. The molecule has 2 aliphatic heterocycles. The fourth-order valence-corrected chi connectivity index (χ4v) is 6.33. The number of ether oxygens (including phenoxy) is 1. The van der Waals surface area contributed by atoms with Gasteiger partial charge in [0, 0.05) is 44.5 Å². The summed E-state index contributed by atoms with van der Waals surface area (Å²) in [5, 5.41) is 0. The van der Waals surface area contributed by atoms with Crippen molar-refractivity contribution >= 4 is 21.6 Å². The van der Waals surface area contributed by atoms with E-state index in [1.165, 1.54) is 29.6 Å². The van der Waals surface area contributed by atoms with Crippen molar-refractivity contribution in [3.05, 3.63) is 53.8 Å². The van der Waals surface area contributed by atoms with Crippen LogP contribution in [0.2, 0.25) is 0 Å². The highest BCUT2D eigenvalue weighted by atomic mass is 32.2. The van der Waals surface area contributed by atoms with Crippen molar-refractivity contribution in [3.63, 3.8) is 0 Å². The molecule has 2 fully saturated rings. The summed E-state index contributed by atoms with van der Waals surface area (Å²) in [5.41, 5.74) is 1.54. The summed E-state index contributed by atoms with van der Waals surface area (Å²) in [6.07, 6.45) is 1.16. The average Bonchev–Trinajstić information content (AvgIpc) is 3.30. The molecule has 2 aromatic rings. The zero-order chi connectivity index (χ0) is 22.9. The number of rotatable bonds is 5. The van der Waals surface area contributed by atoms with E-state index in [9.17, 15) is 17.6 Å². The van der Waals surface area contributed by atoms with Crippen LogP contribution in [0.1, 0.15) is 18.4 Å². The van der Waals surface area contributed by atoms with Crippen LogP contribution in [0, 0.1) is 12.7 Å². The van der Waals surface area contributed by atoms with Crippen molar-refractivity contribution < 1.29 is 22.3 Å². The van der Waals surface area contributed by atoms with Gasteiger partial charge in [-0.3, -0.25) is 4.79 Å². The number of halogens is 1. The van der Waals surface area contributed by atoms with Crippen molar-refractivity contribution in [1.29, 1.82) is 0 Å². The van der Waals surface area contributed by atoms with Gasteiger partial charge in [0.1, 0.15) is 17.6 Å². The van der Waals surface area contributed by atoms with E-state index < -0.39 is 16.1 Å². The number of carbonyl (C=O) groups excluding carboxylic acids is 1. The van der Waals surface area contributed by atoms with Gasteiger partial charge < -0.3 is 14.5 Å². The Bertz CT molecular complexity index is 1080. The number of carbonyl (C=O) groups is 1. The molecule has 2 aromatic carbocycles. The van der Waals surface area contributed by atoms with E-state index in [1.807, 2.05) is 0 Å². The molecule has 1 unspecified atom stereocenters. The van der Waals surface area contributed by atoms with Crippen LogP contribution < -0.4 is 9.64 Å². The molecule has 2 saturated heterocycles. The van der Waals surface area contributed by atoms with Crippen molar-refractivity contribution in [2.45, 2.75) is 30.7 Å². The van der Waals surface area contributed by atoms with Crippen molar-refractivity contribution in [1.82, 2.24) is 9.21 Å². The van der Waals surface area contributed by atoms with E-state index in [4.69, 9.17) is 4.74 Å². The number of aryl methyl sites for hydroxylation is 1. The minimum Gasteiger partial charge on any atom is -0.497 e. The number of anilines is 1. The fraction of sp³-hybridized carbons (Fsp3) is 0.435. The van der Waals surface area contributed by atoms with E-state index in [0.717, 1.165) is 5.69 Å². The maximum Gasteiger partial charge on any atom is 0.244 e. The van der Waals surface area contributed by atoms with Gasteiger partial charge in [-0.2, -0.15) is 4.31 Å². The Morgan fingerprint density at radius 2 is 1.72 bits per heavy atom. The largest absolute Gasteiger partial charge is 0.497 e. The van der Waals surface area contributed by atoms with E-state index >= 15 is 0 Å². The molecule has 1 atom stereocenters. The Labute approximate surface area is 188 Å². The number of benzene rings is 2. The van der Waals surface area contributed by atoms with Crippen molar-refractivity contribution in [2.24, 2.45) is 0 Å². The molecule has 9 heteroatoms. The molecule has 0 saturated carbocycles. The lowest BCUT2D eigenvalue weighted by atomic mass is 10.1. The quantitative estimate of drug-likeness (QED) is 0.685. The smallest absolute Gasteiger partial charge is 0.244 e. The molecule has 7 nitrogen and oxygen atoms in total. The highest BCUT2D eigenvalue weighted by Crippen LogP contribution is 2.31. The van der Waals surface area contributed by atoms with Gasteiger partial charge in [-0.15, -0.1) is 0 Å². The van der Waals surface area contributed by atoms with Crippen LogP contribution in [0.5, 0.6) is 5.75 Å². The lowest BCUT2D eigenvalue weighted by Gasteiger charge is -2.38. The summed E-state index contributed by atoms with van der Waals surface area (Å²) in [6, 6.07) is 10.6. The summed E-state index contributed by atoms with van der Waals surface area (Å²) < 4.78 is 46.6. The van der Waals surface area contributed by atoms with Crippen LogP contribution in [-0.4, -0.2) is 69.4 Å². The first kappa shape index (κ1) is 22.5. The third-order valence-corrected chi connectivity index (χ3v) is 8.30. The van der Waals surface area contributed by atoms with Crippen molar-refractivity contribution in [2.75, 3.05) is 44.7 Å². The van der Waals surface area contributed by atoms with Gasteiger partial charge in [0.2, 0.25) is 15.9 Å². The van der Waals surface area contributed by atoms with Crippen LogP contribution in [0.15, 0.2) is 47.4 Å². The van der Waals surface area contributed by atoms with Crippen LogP contribution in [0.3, 0.4) is 0 Å². The van der Waals surface area contributed by atoms with Crippen LogP contribution in [-0.2, 0) is 14.8 Å². The fourth-order valence-electron chi connectivity index (χ4n) is 4.43. The maximum atomic E-state index is 13.4. The normalized spacial score (nSPS) is 19.9. The zero-order valence-corrected chi connectivity index (χ0v) is 19.1. The second kappa shape index (κ2) is 9.07. The lowest BCUT2D eigenvalue weighted by Crippen LogP contribution is -2.54. The second-order valence-electron chi connectivity index (χ2n) is 8.19. The monoisotopic (exact) mass is 461 g/mol. The first-order valence-corrected chi connectivity index (χ1v) is 12.2. The summed E-state index contributed by atoms with van der Waals surface area (Å²) in [7, 11) is -2.34. The highest BCUT2D eigenvalue weighted by Gasteiger charge is 2.42. The van der Waals surface area contributed by atoms with E-state index in [1.54, 1.807) is 36.1 Å². The predicted octanol–water partition coefficient (Wildman–Crippen LogP) is 2.64. The van der Waals surface area contributed by atoms with E-state index in [2.05, 4.69) is 4.90 Å². The minimum atomic E-state index is -3.83. The topological polar surface area (TPSA) is 70.2 Å². The van der Waals surface area contributed by atoms with Gasteiger partial charge >= 0.3 is 0 Å². The molecule has 0 bridgehead atoms. The number of hydrogen-bond donors (Lipinski definition) is 0. The molecule has 172 valence electrons. The highest BCUT2D eigenvalue weighted by molar-refractivity contribution is 7.89. The third-order valence-electron chi connectivity index (χ3n) is 6.25. The van der Waals surface area contributed by atoms with Gasteiger partial charge in [-0.25, -0.2) is 12.8 Å². The Morgan fingerprint density at radius 1 is 1.03 bits per heavy atom. The summed E-state index contributed by atoms with van der Waals surface area (Å²) in [6.45, 7) is 4.30. The van der Waals surface area contributed by atoms with Gasteiger partial charge in [-0.1, -0.05) is 6.07 Å². The van der Waals surface area contributed by atoms with Gasteiger partial charge in [-0.05, 0) is 55.7 Å². The number of hydrogen-bond acceptors (Lipinski definition) is 5. The molecule has 0 spiro atoms. The number of amides is 1. The molecular weight excluding hydrogens is 433 g/mol. The van der Waals surface area contributed by atoms with Crippen LogP contribution in [0.4, 0.5) is 10.1 Å². The third kappa shape index (κ3) is 4.31. The molecule has 0 N–H and O–H groups in total. The number of sulfonamides is 1. The number of methoxy groups -OCH3 is 1. The molecule has 4 rings (SSSR count). The number of piperazine rings is 1. The zero-order valence-electron chi connectivity index (χ0n) is 18.3. The summed E-state index contributed by atoms with van der Waals surface area (Å²) in [4.78, 5) is 17.3.